The van der Waals surface area contributed by atoms with E-state index in [1.165, 1.54) is 0 Å². The first-order valence-corrected chi connectivity index (χ1v) is 8.59. The quantitative estimate of drug-likeness (QED) is 0.153. The van der Waals surface area contributed by atoms with Crippen molar-refractivity contribution in [2.45, 2.75) is 12.1 Å². The molecule has 1 aliphatic heterocycles. The number of β-lactam (4-membered cyclic amide) rings is 1. The Morgan fingerprint density at radius 1 is 1.26 bits per heavy atom. The summed E-state index contributed by atoms with van der Waals surface area (Å²) in [6, 6.07) is -1.78. The number of hydrogen-bond acceptors (Lipinski definition) is 9. The molecule has 7 N–H and O–H groups in total. The summed E-state index contributed by atoms with van der Waals surface area (Å²) in [5.74, 6) is -3.64. The summed E-state index contributed by atoms with van der Waals surface area (Å²) in [6.07, 6.45) is 0.593. The minimum Gasteiger partial charge on any atom is -0.503 e. The molecule has 0 bridgehead atoms. The van der Waals surface area contributed by atoms with Crippen LogP contribution in [0.15, 0.2) is 17.1 Å². The average Bonchev–Trinajstić information content (AvgIpc) is 2.57. The highest BCUT2D eigenvalue weighted by molar-refractivity contribution is 7.84. The van der Waals surface area contributed by atoms with E-state index in [0.29, 0.717) is 12.3 Å². The fourth-order valence-electron chi connectivity index (χ4n) is 2.25. The van der Waals surface area contributed by atoms with E-state index in [2.05, 4.69) is 10.6 Å². The number of nitrogens with zero attached hydrogens (tertiary/aromatic N) is 2. The first-order chi connectivity index (χ1) is 12.4. The van der Waals surface area contributed by atoms with Crippen LogP contribution in [0.2, 0.25) is 0 Å². The molecular weight excluding hydrogens is 390 g/mol. The molecule has 2 unspecified atom stereocenters. The summed E-state index contributed by atoms with van der Waals surface area (Å²) in [5, 5.41) is 22.8. The third kappa shape index (κ3) is 4.15. The second kappa shape index (κ2) is 7.22. The third-order valence-electron chi connectivity index (χ3n) is 3.63. The molecule has 27 heavy (non-hydrogen) atoms. The highest BCUT2D eigenvalue weighted by Gasteiger charge is 2.51. The number of rotatable bonds is 6. The smallest absolute Gasteiger partial charge is 0.362 e. The molecule has 0 aliphatic carbocycles. The Bertz CT molecular complexity index is 956. The van der Waals surface area contributed by atoms with Crippen LogP contribution in [0, 0.1) is 0 Å². The van der Waals surface area contributed by atoms with Gasteiger partial charge in [-0.1, -0.05) is 0 Å². The number of amides is 3. The van der Waals surface area contributed by atoms with Crippen LogP contribution in [0.3, 0.4) is 0 Å². The predicted molar refractivity (Wildman–Crippen MR) is 85.1 cm³/mol. The van der Waals surface area contributed by atoms with Crippen LogP contribution in [-0.4, -0.2) is 75.2 Å². The van der Waals surface area contributed by atoms with Gasteiger partial charge in [-0.15, -0.1) is 0 Å². The summed E-state index contributed by atoms with van der Waals surface area (Å²) >= 11 is 0. The lowest BCUT2D eigenvalue weighted by Crippen LogP contribution is -2.72. The van der Waals surface area contributed by atoms with Gasteiger partial charge in [0.2, 0.25) is 11.3 Å². The Kier molecular flexibility index (Phi) is 5.38. The van der Waals surface area contributed by atoms with E-state index in [9.17, 15) is 32.8 Å². The summed E-state index contributed by atoms with van der Waals surface area (Å²) in [7, 11) is -4.82. The van der Waals surface area contributed by atoms with Crippen molar-refractivity contribution >= 4 is 28.0 Å². The van der Waals surface area contributed by atoms with Gasteiger partial charge < -0.3 is 26.7 Å². The van der Waals surface area contributed by atoms with E-state index in [-0.39, 0.29) is 9.04 Å². The normalized spacial score (nSPS) is 19.3. The van der Waals surface area contributed by atoms with Gasteiger partial charge in [0.05, 0.1) is 18.8 Å². The maximum absolute atomic E-state index is 11.8. The van der Waals surface area contributed by atoms with Crippen LogP contribution in [0.4, 0.5) is 0 Å². The third-order valence-corrected chi connectivity index (χ3v) is 4.58. The number of nitrogens with one attached hydrogen (secondary N) is 2. The molecule has 1 aromatic heterocycles. The molecule has 2 atom stereocenters. The summed E-state index contributed by atoms with van der Waals surface area (Å²) in [6.45, 7) is -1.04. The number of carbonyl (C=O) groups is 3. The van der Waals surface area contributed by atoms with E-state index in [1.807, 2.05) is 0 Å². The van der Waals surface area contributed by atoms with Gasteiger partial charge in [0.1, 0.15) is 11.7 Å². The number of hydrogen-bond donors (Lipinski definition) is 6. The number of pyridine rings is 1. The topological polar surface area (TPSA) is 221 Å². The molecule has 0 saturated carbocycles. The van der Waals surface area contributed by atoms with Gasteiger partial charge in [-0.25, -0.2) is 4.31 Å². The highest BCUT2D eigenvalue weighted by atomic mass is 32.2. The van der Waals surface area contributed by atoms with Gasteiger partial charge in [0.15, 0.2) is 5.75 Å². The van der Waals surface area contributed by atoms with Crippen LogP contribution < -0.4 is 21.8 Å². The van der Waals surface area contributed by atoms with Crippen LogP contribution in [0.5, 0.6) is 5.75 Å². The molecule has 15 heteroatoms. The molecule has 0 radical (unpaired) electrons. The number of carbonyl (C=O) groups excluding carboxylic acids is 3. The fraction of sp³-hybridized carbons (Fsp3) is 0.333. The van der Waals surface area contributed by atoms with Crippen LogP contribution in [0.25, 0.3) is 0 Å². The monoisotopic (exact) mass is 405 g/mol. The van der Waals surface area contributed by atoms with Crippen molar-refractivity contribution in [1.82, 2.24) is 19.7 Å². The zero-order valence-electron chi connectivity index (χ0n) is 13.4. The molecule has 1 saturated heterocycles. The zero-order valence-corrected chi connectivity index (χ0v) is 14.2. The maximum Gasteiger partial charge on any atom is 0.362 e. The van der Waals surface area contributed by atoms with Crippen molar-refractivity contribution in [2.75, 3.05) is 13.1 Å². The number of aromatic nitrogens is 1. The molecule has 148 valence electrons. The first-order valence-electron chi connectivity index (χ1n) is 7.19. The van der Waals surface area contributed by atoms with Crippen molar-refractivity contribution in [2.24, 2.45) is 5.73 Å². The summed E-state index contributed by atoms with van der Waals surface area (Å²) < 4.78 is 31.3. The molecular formula is C12H15N5O9S. The standard InChI is InChI=1S/C12H15N5O9S/c13-10-6(17(12(10)22)27(24,25)26)2-14-9(20)3-15-11(21)5-1-7(18)8(19)4-16(5)23/h1,4,6,10,19,23H,2-3,13H2,(H,14,20)(H,15,21)(H,24,25,26). The second-order valence-corrected chi connectivity index (χ2v) is 6.73. The molecule has 0 aromatic carbocycles. The maximum atomic E-state index is 11.8. The summed E-state index contributed by atoms with van der Waals surface area (Å²) in [5.41, 5.74) is 3.94. The Morgan fingerprint density at radius 3 is 2.48 bits per heavy atom. The van der Waals surface area contributed by atoms with Crippen molar-refractivity contribution in [1.29, 1.82) is 0 Å². The largest absolute Gasteiger partial charge is 0.503 e. The molecule has 2 rings (SSSR count). The minimum atomic E-state index is -4.82. The van der Waals surface area contributed by atoms with E-state index < -0.39 is 70.1 Å². The van der Waals surface area contributed by atoms with Crippen molar-refractivity contribution in [3.05, 3.63) is 28.2 Å². The van der Waals surface area contributed by atoms with E-state index in [0.717, 1.165) is 0 Å². The summed E-state index contributed by atoms with van der Waals surface area (Å²) in [4.78, 5) is 46.2. The van der Waals surface area contributed by atoms with Crippen molar-refractivity contribution in [3.63, 3.8) is 0 Å². The van der Waals surface area contributed by atoms with E-state index >= 15 is 0 Å². The lowest BCUT2D eigenvalue weighted by atomic mass is 10.0. The molecule has 0 spiro atoms. The van der Waals surface area contributed by atoms with Gasteiger partial charge >= 0.3 is 10.3 Å². The number of nitrogens with two attached hydrogens (primary N) is 1. The van der Waals surface area contributed by atoms with Gasteiger partial charge in [-0.2, -0.15) is 13.1 Å². The van der Waals surface area contributed by atoms with Gasteiger partial charge in [-0.3, -0.25) is 23.7 Å². The Morgan fingerprint density at radius 2 is 1.89 bits per heavy atom. The fourth-order valence-corrected chi connectivity index (χ4v) is 3.15. The van der Waals surface area contributed by atoms with Gasteiger partial charge in [0.25, 0.3) is 11.8 Å². The molecule has 2 heterocycles. The molecule has 14 nitrogen and oxygen atoms in total. The van der Waals surface area contributed by atoms with Gasteiger partial charge in [-0.05, 0) is 0 Å². The average molecular weight is 405 g/mol. The van der Waals surface area contributed by atoms with Crippen LogP contribution >= 0.6 is 0 Å². The van der Waals surface area contributed by atoms with Crippen LogP contribution in [-0.2, 0) is 19.9 Å². The highest BCUT2D eigenvalue weighted by Crippen LogP contribution is 2.21. The minimum absolute atomic E-state index is 0.122. The van der Waals surface area contributed by atoms with Crippen LogP contribution in [0.1, 0.15) is 10.5 Å². The Labute approximate surface area is 151 Å². The van der Waals surface area contributed by atoms with E-state index in [1.54, 1.807) is 0 Å². The Balaban J connectivity index is 1.90. The lowest BCUT2D eigenvalue weighted by molar-refractivity contribution is -0.141. The van der Waals surface area contributed by atoms with E-state index in [4.69, 9.17) is 15.4 Å². The molecule has 1 aliphatic rings. The lowest BCUT2D eigenvalue weighted by Gasteiger charge is -2.42. The van der Waals surface area contributed by atoms with Gasteiger partial charge in [0, 0.05) is 12.6 Å². The molecule has 1 aromatic rings. The zero-order chi connectivity index (χ0) is 20.5. The first kappa shape index (κ1) is 20.1. The Hall–Kier alpha value is -3.17. The van der Waals surface area contributed by atoms with Crippen molar-refractivity contribution < 1.29 is 37.7 Å². The van der Waals surface area contributed by atoms with Crippen molar-refractivity contribution in [3.8, 4) is 5.75 Å². The SMILES string of the molecule is NC1C(=O)N(S(=O)(=O)O)C1CNC(=O)CNC(=O)c1cc(=O)c(O)cn1O. The second-order valence-electron chi connectivity index (χ2n) is 5.44. The predicted octanol–water partition coefficient (Wildman–Crippen LogP) is -4.02. The molecule has 1 fully saturated rings. The number of aromatic hydroxyl groups is 1. The molecule has 3 amide bonds.